The number of aliphatic hydroxyl groups is 3. The van der Waals surface area contributed by atoms with Crippen LogP contribution in [0.4, 0.5) is 0 Å². The normalized spacial score (nSPS) is 23.1. The summed E-state index contributed by atoms with van der Waals surface area (Å²) in [5, 5.41) is 137. The lowest BCUT2D eigenvalue weighted by molar-refractivity contribution is 0.000494. The highest BCUT2D eigenvalue weighted by Crippen LogP contribution is 2.60. The highest BCUT2D eigenvalue weighted by molar-refractivity contribution is 7.99. The van der Waals surface area contributed by atoms with E-state index in [0.29, 0.717) is 0 Å². The van der Waals surface area contributed by atoms with Gasteiger partial charge in [-0.15, -0.1) is 11.8 Å². The van der Waals surface area contributed by atoms with Crippen LogP contribution in [0.3, 0.4) is 0 Å². The first-order valence-corrected chi connectivity index (χ1v) is 15.3. The Morgan fingerprint density at radius 3 is 1.58 bits per heavy atom. The minimum atomic E-state index is -1.81. The molecule has 13 N–H and O–H groups in total. The molecule has 0 unspecified atom stereocenters. The van der Waals surface area contributed by atoms with Crippen LogP contribution in [0.1, 0.15) is 51.2 Å². The molecule has 15 nitrogen and oxygen atoms in total. The van der Waals surface area contributed by atoms with Crippen molar-refractivity contribution >= 4 is 11.8 Å². The first kappa shape index (κ1) is 32.6. The lowest BCUT2D eigenvalue weighted by Crippen LogP contribution is -2.37. The predicted molar refractivity (Wildman–Crippen MR) is 165 cm³/mol. The molecule has 2 aliphatic rings. The van der Waals surface area contributed by atoms with Crippen molar-refractivity contribution in [2.24, 2.45) is 0 Å². The third kappa shape index (κ3) is 5.24. The summed E-state index contributed by atoms with van der Waals surface area (Å²) in [6, 6.07) is 6.97. The SMILES string of the molecule is OCCS[C@H]1c2c(O)cc(O)c([C@H]3c4c(O)cc(O)cc4O[C@H](c4cc(O)c(O)c(O)c4)[C@@H]3O)c2O[C@H](c2cc(O)c(O)c(O)c2)[C@@H]1O. The van der Waals surface area contributed by atoms with Crippen molar-refractivity contribution in [3.05, 3.63) is 70.3 Å². The Labute approximate surface area is 274 Å². The standard InChI is InChI=1S/C32H30O15S/c33-1-2-48-32-23-15(37)9-14(36)22(31(23)47-30(28(32)45)11-5-18(40)26(43)19(41)6-11)24-21-13(35)7-12(34)8-20(21)46-29(27(24)44)10-3-16(38)25(42)17(39)4-10/h3-9,24,27-30,32-45H,1-2H2/t24-,27-,28+,29-,30-,32+/m1/s1. The average Bonchev–Trinajstić information content (AvgIpc) is 3.02. The molecule has 0 spiro atoms. The van der Waals surface area contributed by atoms with Crippen molar-refractivity contribution in [1.29, 1.82) is 0 Å². The lowest BCUT2D eigenvalue weighted by atomic mass is 9.77. The van der Waals surface area contributed by atoms with Gasteiger partial charge in [-0.2, -0.15) is 0 Å². The van der Waals surface area contributed by atoms with E-state index in [0.717, 1.165) is 54.2 Å². The molecule has 0 aliphatic carbocycles. The van der Waals surface area contributed by atoms with E-state index < -0.39 is 93.1 Å². The van der Waals surface area contributed by atoms with Gasteiger partial charge in [0.15, 0.2) is 46.7 Å². The van der Waals surface area contributed by atoms with Crippen molar-refractivity contribution in [2.45, 2.75) is 35.6 Å². The number of aromatic hydroxyl groups is 10. The zero-order valence-corrected chi connectivity index (χ0v) is 25.3. The fourth-order valence-electron chi connectivity index (χ4n) is 6.24. The van der Waals surface area contributed by atoms with Crippen molar-refractivity contribution in [1.82, 2.24) is 0 Å². The van der Waals surface area contributed by atoms with Gasteiger partial charge in [-0.05, 0) is 24.3 Å². The van der Waals surface area contributed by atoms with E-state index in [1.807, 2.05) is 0 Å². The van der Waals surface area contributed by atoms with Gasteiger partial charge < -0.3 is 75.9 Å². The number of thioether (sulfide) groups is 1. The molecule has 2 aliphatic heterocycles. The highest BCUT2D eigenvalue weighted by atomic mass is 32.2. The highest BCUT2D eigenvalue weighted by Gasteiger charge is 2.48. The molecule has 6 rings (SSSR count). The van der Waals surface area contributed by atoms with Gasteiger partial charge in [0.25, 0.3) is 0 Å². The molecule has 254 valence electrons. The van der Waals surface area contributed by atoms with Crippen LogP contribution < -0.4 is 9.47 Å². The van der Waals surface area contributed by atoms with Crippen molar-refractivity contribution in [3.63, 3.8) is 0 Å². The molecule has 4 aromatic rings. The second kappa shape index (κ2) is 12.1. The van der Waals surface area contributed by atoms with Gasteiger partial charge in [0.05, 0.1) is 23.3 Å². The molecule has 48 heavy (non-hydrogen) atoms. The summed E-state index contributed by atoms with van der Waals surface area (Å²) in [7, 11) is 0. The molecule has 16 heteroatoms. The molecule has 0 saturated carbocycles. The summed E-state index contributed by atoms with van der Waals surface area (Å²) in [6.45, 7) is -0.349. The third-order valence-corrected chi connectivity index (χ3v) is 9.62. The minimum absolute atomic E-state index is 0.0360. The average molecular weight is 687 g/mol. The number of ether oxygens (including phenoxy) is 2. The van der Waals surface area contributed by atoms with Crippen LogP contribution in [0, 0.1) is 0 Å². The van der Waals surface area contributed by atoms with E-state index in [4.69, 9.17) is 9.47 Å². The molecule has 6 atom stereocenters. The maximum absolute atomic E-state index is 11.9. The van der Waals surface area contributed by atoms with Gasteiger partial charge >= 0.3 is 0 Å². The van der Waals surface area contributed by atoms with Gasteiger partial charge in [-0.25, -0.2) is 0 Å². The maximum Gasteiger partial charge on any atom is 0.200 e. The van der Waals surface area contributed by atoms with E-state index in [-0.39, 0.29) is 51.7 Å². The molecule has 0 radical (unpaired) electrons. The Bertz CT molecular complexity index is 1870. The zero-order valence-electron chi connectivity index (χ0n) is 24.5. The Morgan fingerprint density at radius 1 is 0.542 bits per heavy atom. The van der Waals surface area contributed by atoms with E-state index in [1.165, 1.54) is 0 Å². The van der Waals surface area contributed by atoms with Gasteiger partial charge in [-0.1, -0.05) is 0 Å². The Hall–Kier alpha value is -5.29. The van der Waals surface area contributed by atoms with E-state index in [1.54, 1.807) is 0 Å². The number of fused-ring (bicyclic) bond motifs is 2. The van der Waals surface area contributed by atoms with Gasteiger partial charge in [0, 0.05) is 46.2 Å². The van der Waals surface area contributed by atoms with Crippen LogP contribution in [0.5, 0.6) is 69.0 Å². The van der Waals surface area contributed by atoms with E-state index >= 15 is 0 Å². The van der Waals surface area contributed by atoms with Crippen LogP contribution in [-0.4, -0.2) is 91.0 Å². The summed E-state index contributed by atoms with van der Waals surface area (Å²) in [5.41, 5.74) is -0.666. The molecule has 4 aromatic carbocycles. The number of aliphatic hydroxyl groups excluding tert-OH is 3. The lowest BCUT2D eigenvalue weighted by Gasteiger charge is -2.42. The number of rotatable bonds is 6. The molecular weight excluding hydrogens is 656 g/mol. The van der Waals surface area contributed by atoms with Crippen LogP contribution in [-0.2, 0) is 0 Å². The number of hydrogen-bond acceptors (Lipinski definition) is 16. The Morgan fingerprint density at radius 2 is 1.04 bits per heavy atom. The number of phenols is 10. The number of hydrogen-bond donors (Lipinski definition) is 13. The second-order valence-corrected chi connectivity index (χ2v) is 12.6. The maximum atomic E-state index is 11.9. The first-order chi connectivity index (χ1) is 22.7. The summed E-state index contributed by atoms with van der Waals surface area (Å²) >= 11 is 0.982. The van der Waals surface area contributed by atoms with E-state index in [9.17, 15) is 66.4 Å². The molecule has 0 saturated heterocycles. The summed E-state index contributed by atoms with van der Waals surface area (Å²) < 4.78 is 12.1. The van der Waals surface area contributed by atoms with Crippen molar-refractivity contribution in [3.8, 4) is 69.0 Å². The molecule has 0 amide bonds. The largest absolute Gasteiger partial charge is 0.508 e. The molecule has 0 aromatic heterocycles. The smallest absolute Gasteiger partial charge is 0.200 e. The molecular formula is C32H30O15S. The summed E-state index contributed by atoms with van der Waals surface area (Å²) in [6.07, 6.45) is -6.35. The molecule has 0 bridgehead atoms. The second-order valence-electron chi connectivity index (χ2n) is 11.3. The predicted octanol–water partition coefficient (Wildman–Crippen LogP) is 2.63. The molecule has 0 fully saturated rings. The fraction of sp³-hybridized carbons (Fsp3) is 0.250. The van der Waals surface area contributed by atoms with Crippen molar-refractivity contribution < 1.29 is 75.9 Å². The summed E-state index contributed by atoms with van der Waals surface area (Å²) in [4.78, 5) is 0. The topological polar surface area (TPSA) is 281 Å². The quantitative estimate of drug-likeness (QED) is 0.130. The zero-order chi connectivity index (χ0) is 34.8. The fourth-order valence-corrected chi connectivity index (χ4v) is 7.33. The van der Waals surface area contributed by atoms with Gasteiger partial charge in [0.2, 0.25) is 0 Å². The van der Waals surface area contributed by atoms with E-state index in [2.05, 4.69) is 0 Å². The summed E-state index contributed by atoms with van der Waals surface area (Å²) in [5.74, 6) is -9.06. The Balaban J connectivity index is 1.61. The Kier molecular flexibility index (Phi) is 8.20. The first-order valence-electron chi connectivity index (χ1n) is 14.3. The van der Waals surface area contributed by atoms with Gasteiger partial charge in [0.1, 0.15) is 46.7 Å². The van der Waals surface area contributed by atoms with Crippen molar-refractivity contribution in [2.75, 3.05) is 12.4 Å². The van der Waals surface area contributed by atoms with Crippen LogP contribution >= 0.6 is 11.8 Å². The molecule has 2 heterocycles. The monoisotopic (exact) mass is 686 g/mol. The van der Waals surface area contributed by atoms with Crippen LogP contribution in [0.15, 0.2) is 42.5 Å². The third-order valence-electron chi connectivity index (χ3n) is 8.33. The van der Waals surface area contributed by atoms with Crippen LogP contribution in [0.25, 0.3) is 0 Å². The van der Waals surface area contributed by atoms with Crippen LogP contribution in [0.2, 0.25) is 0 Å². The minimum Gasteiger partial charge on any atom is -0.508 e. The number of phenolic OH excluding ortho intramolecular Hbond substituents is 10. The van der Waals surface area contributed by atoms with Gasteiger partial charge in [-0.3, -0.25) is 0 Å². The number of benzene rings is 4.